The van der Waals surface area contributed by atoms with Gasteiger partial charge >= 0.3 is 0 Å². The van der Waals surface area contributed by atoms with E-state index in [2.05, 4.69) is 22.6 Å². The lowest BCUT2D eigenvalue weighted by Crippen LogP contribution is -2.16. The molecular weight excluding hydrogens is 204 g/mol. The summed E-state index contributed by atoms with van der Waals surface area (Å²) >= 11 is 0. The summed E-state index contributed by atoms with van der Waals surface area (Å²) in [6, 6.07) is 0.245. The fourth-order valence-corrected chi connectivity index (χ4v) is 1.65. The number of hydrogen-bond acceptors (Lipinski definition) is 4. The first-order valence-corrected chi connectivity index (χ1v) is 5.90. The van der Waals surface area contributed by atoms with Crippen molar-refractivity contribution >= 4 is 0 Å². The molecule has 1 unspecified atom stereocenters. The molecule has 5 heteroatoms. The van der Waals surface area contributed by atoms with Crippen molar-refractivity contribution in [2.24, 2.45) is 5.92 Å². The van der Waals surface area contributed by atoms with Crippen molar-refractivity contribution in [3.63, 3.8) is 0 Å². The first kappa shape index (κ1) is 11.5. The maximum absolute atomic E-state index is 5.08. The van der Waals surface area contributed by atoms with Crippen molar-refractivity contribution < 1.29 is 4.74 Å². The second-order valence-electron chi connectivity index (χ2n) is 4.57. The highest BCUT2D eigenvalue weighted by molar-refractivity contribution is 4.93. The molecule has 0 radical (unpaired) electrons. The fourth-order valence-electron chi connectivity index (χ4n) is 1.65. The van der Waals surface area contributed by atoms with Crippen LogP contribution in [0.15, 0.2) is 6.20 Å². The average molecular weight is 224 g/mol. The molecule has 0 saturated heterocycles. The molecule has 0 bridgehead atoms. The Bertz CT molecular complexity index is 322. The quantitative estimate of drug-likeness (QED) is 0.750. The van der Waals surface area contributed by atoms with Crippen LogP contribution in [0.1, 0.15) is 31.5 Å². The maximum Gasteiger partial charge on any atom is 0.0964 e. The van der Waals surface area contributed by atoms with Crippen LogP contribution in [0.4, 0.5) is 0 Å². The molecule has 0 aromatic carbocycles. The van der Waals surface area contributed by atoms with Gasteiger partial charge in [0.05, 0.1) is 24.5 Å². The van der Waals surface area contributed by atoms with E-state index >= 15 is 0 Å². The summed E-state index contributed by atoms with van der Waals surface area (Å²) in [6.07, 6.45) is 4.75. The van der Waals surface area contributed by atoms with Gasteiger partial charge in [-0.25, -0.2) is 4.68 Å². The molecule has 0 spiro atoms. The van der Waals surface area contributed by atoms with Gasteiger partial charge in [0.2, 0.25) is 0 Å². The number of methoxy groups -OCH3 is 1. The molecule has 2 rings (SSSR count). The van der Waals surface area contributed by atoms with Crippen molar-refractivity contribution in [2.75, 3.05) is 20.3 Å². The Hall–Kier alpha value is -0.940. The van der Waals surface area contributed by atoms with Gasteiger partial charge in [-0.15, -0.1) is 5.10 Å². The zero-order valence-electron chi connectivity index (χ0n) is 10.0. The Morgan fingerprint density at radius 3 is 3.12 bits per heavy atom. The normalized spacial score (nSPS) is 17.6. The van der Waals surface area contributed by atoms with Crippen LogP contribution < -0.4 is 5.32 Å². The van der Waals surface area contributed by atoms with Crippen LogP contribution in [-0.2, 0) is 11.3 Å². The van der Waals surface area contributed by atoms with Gasteiger partial charge in [-0.2, -0.15) is 0 Å². The third-order valence-corrected chi connectivity index (χ3v) is 2.85. The van der Waals surface area contributed by atoms with E-state index < -0.39 is 0 Å². The van der Waals surface area contributed by atoms with E-state index in [-0.39, 0.29) is 6.04 Å². The molecule has 1 aromatic heterocycles. The van der Waals surface area contributed by atoms with Crippen LogP contribution in [0.25, 0.3) is 0 Å². The number of nitrogens with zero attached hydrogens (tertiary/aromatic N) is 3. The maximum atomic E-state index is 5.08. The molecule has 16 heavy (non-hydrogen) atoms. The molecule has 1 atom stereocenters. The van der Waals surface area contributed by atoms with Crippen LogP contribution in [0, 0.1) is 5.92 Å². The van der Waals surface area contributed by atoms with Gasteiger partial charge in [-0.3, -0.25) is 0 Å². The summed E-state index contributed by atoms with van der Waals surface area (Å²) in [6.45, 7) is 4.66. The zero-order chi connectivity index (χ0) is 11.4. The molecule has 1 aliphatic rings. The molecule has 1 saturated carbocycles. The van der Waals surface area contributed by atoms with Crippen LogP contribution in [0.2, 0.25) is 0 Å². The molecule has 1 aliphatic carbocycles. The monoisotopic (exact) mass is 224 g/mol. The number of aromatic nitrogens is 3. The van der Waals surface area contributed by atoms with E-state index in [0.29, 0.717) is 6.61 Å². The lowest BCUT2D eigenvalue weighted by Gasteiger charge is -2.08. The predicted octanol–water partition coefficient (Wildman–Crippen LogP) is 0.985. The van der Waals surface area contributed by atoms with Crippen LogP contribution >= 0.6 is 0 Å². The molecule has 0 amide bonds. The highest BCUT2D eigenvalue weighted by Crippen LogP contribution is 2.27. The Morgan fingerprint density at radius 1 is 1.62 bits per heavy atom. The van der Waals surface area contributed by atoms with E-state index in [1.165, 1.54) is 12.8 Å². The zero-order valence-corrected chi connectivity index (χ0v) is 10.0. The molecule has 0 aliphatic heterocycles. The molecule has 1 aromatic rings. The second-order valence-corrected chi connectivity index (χ2v) is 4.57. The van der Waals surface area contributed by atoms with E-state index in [1.54, 1.807) is 7.11 Å². The minimum atomic E-state index is 0.245. The molecule has 5 nitrogen and oxygen atoms in total. The van der Waals surface area contributed by atoms with Crippen LogP contribution in [-0.4, -0.2) is 35.3 Å². The van der Waals surface area contributed by atoms with Crippen molar-refractivity contribution in [1.82, 2.24) is 20.3 Å². The van der Waals surface area contributed by atoms with Crippen LogP contribution in [0.5, 0.6) is 0 Å². The van der Waals surface area contributed by atoms with Gasteiger partial charge in [0.25, 0.3) is 0 Å². The van der Waals surface area contributed by atoms with Crippen molar-refractivity contribution in [2.45, 2.75) is 32.4 Å². The van der Waals surface area contributed by atoms with Crippen molar-refractivity contribution in [1.29, 1.82) is 0 Å². The Morgan fingerprint density at radius 2 is 2.44 bits per heavy atom. The Kier molecular flexibility index (Phi) is 3.90. The third kappa shape index (κ3) is 3.28. The van der Waals surface area contributed by atoms with E-state index in [0.717, 1.165) is 24.7 Å². The number of nitrogens with one attached hydrogen (secondary N) is 1. The van der Waals surface area contributed by atoms with Gasteiger partial charge in [0.15, 0.2) is 0 Å². The summed E-state index contributed by atoms with van der Waals surface area (Å²) in [4.78, 5) is 0. The lowest BCUT2D eigenvalue weighted by molar-refractivity contribution is 0.156. The molecule has 1 heterocycles. The molecule has 1 fully saturated rings. The smallest absolute Gasteiger partial charge is 0.0964 e. The number of ether oxygens (including phenoxy) is 1. The number of hydrogen-bond donors (Lipinski definition) is 1. The van der Waals surface area contributed by atoms with Gasteiger partial charge in [0, 0.05) is 13.7 Å². The topological polar surface area (TPSA) is 52.0 Å². The summed E-state index contributed by atoms with van der Waals surface area (Å²) in [5, 5.41) is 11.6. The van der Waals surface area contributed by atoms with Gasteiger partial charge in [-0.1, -0.05) is 5.21 Å². The first-order chi connectivity index (χ1) is 7.79. The third-order valence-electron chi connectivity index (χ3n) is 2.85. The standard InChI is InChI=1S/C11H20N4O/c1-9(8-16-2)15-7-11(13-14-15)6-12-5-10-3-4-10/h7,9-10,12H,3-6,8H2,1-2H3. The largest absolute Gasteiger partial charge is 0.382 e. The van der Waals surface area contributed by atoms with Crippen molar-refractivity contribution in [3.05, 3.63) is 11.9 Å². The lowest BCUT2D eigenvalue weighted by atomic mass is 10.3. The fraction of sp³-hybridized carbons (Fsp3) is 0.818. The van der Waals surface area contributed by atoms with Gasteiger partial charge in [0.1, 0.15) is 0 Å². The van der Waals surface area contributed by atoms with E-state index in [4.69, 9.17) is 4.74 Å². The molecule has 1 N–H and O–H groups in total. The SMILES string of the molecule is COCC(C)n1cc(CNCC2CC2)nn1. The Balaban J connectivity index is 1.76. The van der Waals surface area contributed by atoms with Gasteiger partial charge in [-0.05, 0) is 32.2 Å². The minimum Gasteiger partial charge on any atom is -0.382 e. The highest BCUT2D eigenvalue weighted by atomic mass is 16.5. The Labute approximate surface area is 96.2 Å². The van der Waals surface area contributed by atoms with Gasteiger partial charge < -0.3 is 10.1 Å². The summed E-state index contributed by atoms with van der Waals surface area (Å²) in [5.41, 5.74) is 1.00. The molecule has 90 valence electrons. The predicted molar refractivity (Wildman–Crippen MR) is 61.0 cm³/mol. The summed E-state index contributed by atoms with van der Waals surface area (Å²) < 4.78 is 6.94. The second kappa shape index (κ2) is 5.41. The molecular formula is C11H20N4O. The van der Waals surface area contributed by atoms with E-state index in [9.17, 15) is 0 Å². The minimum absolute atomic E-state index is 0.245. The van der Waals surface area contributed by atoms with E-state index in [1.807, 2.05) is 10.9 Å². The summed E-state index contributed by atoms with van der Waals surface area (Å²) in [7, 11) is 1.70. The van der Waals surface area contributed by atoms with Crippen LogP contribution in [0.3, 0.4) is 0 Å². The average Bonchev–Trinajstić information content (AvgIpc) is 2.95. The first-order valence-electron chi connectivity index (χ1n) is 5.90. The summed E-state index contributed by atoms with van der Waals surface area (Å²) in [5.74, 6) is 0.905. The number of rotatable bonds is 7. The highest BCUT2D eigenvalue weighted by Gasteiger charge is 2.20. The van der Waals surface area contributed by atoms with Crippen molar-refractivity contribution in [3.8, 4) is 0 Å².